The van der Waals surface area contributed by atoms with Crippen LogP contribution in [-0.2, 0) is 6.42 Å². The molecular weight excluding hydrogens is 282 g/mol. The Morgan fingerprint density at radius 1 is 1.04 bits per heavy atom. The van der Waals surface area contributed by atoms with Crippen molar-refractivity contribution in [1.82, 2.24) is 9.80 Å². The number of aryl methyl sites for hydroxylation is 1. The Labute approximate surface area is 140 Å². The van der Waals surface area contributed by atoms with Gasteiger partial charge in [-0.25, -0.2) is 0 Å². The minimum atomic E-state index is 0.815. The van der Waals surface area contributed by atoms with Gasteiger partial charge in [0.05, 0.1) is 6.54 Å². The van der Waals surface area contributed by atoms with E-state index in [1.165, 1.54) is 69.6 Å². The maximum absolute atomic E-state index is 4.83. The van der Waals surface area contributed by atoms with Gasteiger partial charge in [-0.05, 0) is 56.4 Å². The lowest BCUT2D eigenvalue weighted by molar-refractivity contribution is 0.221. The fraction of sp³-hybridized carbons (Fsp3) is 0.650. The summed E-state index contributed by atoms with van der Waals surface area (Å²) >= 11 is 0. The van der Waals surface area contributed by atoms with Crippen LogP contribution in [0.15, 0.2) is 35.3 Å². The van der Waals surface area contributed by atoms with Gasteiger partial charge >= 0.3 is 0 Å². The van der Waals surface area contributed by atoms with Crippen molar-refractivity contribution in [2.75, 3.05) is 26.2 Å². The number of nitrogens with zero attached hydrogens (tertiary/aromatic N) is 3. The largest absolute Gasteiger partial charge is 0.343 e. The molecule has 1 aromatic rings. The van der Waals surface area contributed by atoms with Crippen LogP contribution in [0.2, 0.25) is 0 Å². The number of rotatable bonds is 5. The minimum Gasteiger partial charge on any atom is -0.343 e. The summed E-state index contributed by atoms with van der Waals surface area (Å²) in [5.74, 6) is 2.19. The second kappa shape index (κ2) is 6.94. The maximum Gasteiger partial charge on any atom is 0.196 e. The Morgan fingerprint density at radius 3 is 2.74 bits per heavy atom. The highest BCUT2D eigenvalue weighted by atomic mass is 15.4. The Balaban J connectivity index is 1.27. The van der Waals surface area contributed by atoms with E-state index in [-0.39, 0.29) is 0 Å². The average molecular weight is 311 g/mol. The number of aliphatic imine (C=N–C) groups is 1. The molecule has 1 aliphatic carbocycles. The van der Waals surface area contributed by atoms with Crippen LogP contribution >= 0.6 is 0 Å². The zero-order valence-electron chi connectivity index (χ0n) is 14.2. The van der Waals surface area contributed by atoms with Crippen LogP contribution in [0.25, 0.3) is 0 Å². The Morgan fingerprint density at radius 2 is 1.91 bits per heavy atom. The third kappa shape index (κ3) is 3.70. The van der Waals surface area contributed by atoms with Crippen molar-refractivity contribution in [2.45, 2.75) is 51.0 Å². The summed E-state index contributed by atoms with van der Waals surface area (Å²) in [4.78, 5) is 10.0. The molecular formula is C20H29N3. The molecule has 0 N–H and O–H groups in total. The van der Waals surface area contributed by atoms with Gasteiger partial charge in [0.2, 0.25) is 0 Å². The topological polar surface area (TPSA) is 18.8 Å². The average Bonchev–Trinajstić information content (AvgIpc) is 3.33. The summed E-state index contributed by atoms with van der Waals surface area (Å²) in [5.41, 5.74) is 1.49. The first kappa shape index (κ1) is 15.0. The first-order valence-electron chi connectivity index (χ1n) is 9.50. The standard InChI is InChI=1S/C20H29N3/c1-2-6-17(7-3-1)8-4-9-18-10-5-14-22(16-18)20-21-13-15-23(20)19-11-12-19/h1-3,6-7,18-19H,4-5,8-16H2. The van der Waals surface area contributed by atoms with Gasteiger partial charge < -0.3 is 9.80 Å². The highest BCUT2D eigenvalue weighted by Gasteiger charge is 2.36. The van der Waals surface area contributed by atoms with E-state index in [9.17, 15) is 0 Å². The van der Waals surface area contributed by atoms with Gasteiger partial charge in [-0.3, -0.25) is 4.99 Å². The van der Waals surface area contributed by atoms with Crippen LogP contribution in [0, 0.1) is 5.92 Å². The number of piperidine rings is 1. The second-order valence-electron chi connectivity index (χ2n) is 7.44. The minimum absolute atomic E-state index is 0.815. The summed E-state index contributed by atoms with van der Waals surface area (Å²) in [6, 6.07) is 11.7. The molecule has 0 radical (unpaired) electrons. The van der Waals surface area contributed by atoms with Crippen molar-refractivity contribution in [3.05, 3.63) is 35.9 Å². The molecule has 1 saturated carbocycles. The van der Waals surface area contributed by atoms with Crippen molar-refractivity contribution in [3.8, 4) is 0 Å². The predicted molar refractivity (Wildman–Crippen MR) is 95.7 cm³/mol. The zero-order chi connectivity index (χ0) is 15.5. The van der Waals surface area contributed by atoms with E-state index in [1.54, 1.807) is 0 Å². The number of guanidine groups is 1. The van der Waals surface area contributed by atoms with Gasteiger partial charge in [0, 0.05) is 25.7 Å². The fourth-order valence-corrected chi connectivity index (χ4v) is 4.18. The molecule has 2 fully saturated rings. The zero-order valence-corrected chi connectivity index (χ0v) is 14.2. The van der Waals surface area contributed by atoms with Crippen molar-refractivity contribution >= 4 is 5.96 Å². The third-order valence-corrected chi connectivity index (χ3v) is 5.56. The fourth-order valence-electron chi connectivity index (χ4n) is 4.18. The van der Waals surface area contributed by atoms with E-state index in [4.69, 9.17) is 4.99 Å². The molecule has 0 spiro atoms. The molecule has 23 heavy (non-hydrogen) atoms. The molecule has 124 valence electrons. The first-order valence-corrected chi connectivity index (χ1v) is 9.50. The van der Waals surface area contributed by atoms with Gasteiger partial charge in [0.1, 0.15) is 0 Å². The molecule has 4 rings (SSSR count). The molecule has 0 amide bonds. The molecule has 3 heteroatoms. The predicted octanol–water partition coefficient (Wildman–Crippen LogP) is 3.56. The SMILES string of the molecule is c1ccc(CCCC2CCCN(C3=NCCN3C3CC3)C2)cc1. The van der Waals surface area contributed by atoms with E-state index in [0.29, 0.717) is 0 Å². The van der Waals surface area contributed by atoms with E-state index < -0.39 is 0 Å². The number of likely N-dealkylation sites (tertiary alicyclic amines) is 1. The maximum atomic E-state index is 4.83. The van der Waals surface area contributed by atoms with Crippen LogP contribution in [0.5, 0.6) is 0 Å². The first-order chi connectivity index (χ1) is 11.4. The van der Waals surface area contributed by atoms with Crippen molar-refractivity contribution in [3.63, 3.8) is 0 Å². The van der Waals surface area contributed by atoms with Gasteiger partial charge in [-0.1, -0.05) is 30.3 Å². The molecule has 2 heterocycles. The van der Waals surface area contributed by atoms with Crippen molar-refractivity contribution < 1.29 is 0 Å². The smallest absolute Gasteiger partial charge is 0.196 e. The summed E-state index contributed by atoms with van der Waals surface area (Å²) in [6.07, 6.45) is 9.42. The number of hydrogen-bond donors (Lipinski definition) is 0. The summed E-state index contributed by atoms with van der Waals surface area (Å²) in [5, 5.41) is 0. The molecule has 1 aromatic carbocycles. The molecule has 3 nitrogen and oxygen atoms in total. The Bertz CT molecular complexity index is 535. The van der Waals surface area contributed by atoms with Gasteiger partial charge in [-0.2, -0.15) is 0 Å². The summed E-state index contributed by atoms with van der Waals surface area (Å²) in [6.45, 7) is 4.63. The lowest BCUT2D eigenvalue weighted by Crippen LogP contribution is -2.47. The molecule has 1 unspecified atom stereocenters. The summed E-state index contributed by atoms with van der Waals surface area (Å²) in [7, 11) is 0. The normalized spacial score (nSPS) is 24.9. The van der Waals surface area contributed by atoms with Gasteiger partial charge in [0.25, 0.3) is 0 Å². The van der Waals surface area contributed by atoms with Gasteiger partial charge in [-0.15, -0.1) is 0 Å². The Hall–Kier alpha value is -1.51. The Kier molecular flexibility index (Phi) is 4.54. The van der Waals surface area contributed by atoms with Gasteiger partial charge in [0.15, 0.2) is 5.96 Å². The molecule has 0 bridgehead atoms. The molecule has 2 aliphatic heterocycles. The molecule has 3 aliphatic rings. The molecule has 1 atom stereocenters. The highest BCUT2D eigenvalue weighted by molar-refractivity contribution is 5.82. The van der Waals surface area contributed by atoms with E-state index in [2.05, 4.69) is 40.1 Å². The number of benzene rings is 1. The summed E-state index contributed by atoms with van der Waals surface area (Å²) < 4.78 is 0. The molecule has 0 aromatic heterocycles. The lowest BCUT2D eigenvalue weighted by Gasteiger charge is -2.37. The second-order valence-corrected chi connectivity index (χ2v) is 7.44. The van der Waals surface area contributed by atoms with Crippen molar-refractivity contribution in [2.24, 2.45) is 10.9 Å². The van der Waals surface area contributed by atoms with Crippen LogP contribution in [-0.4, -0.2) is 48.0 Å². The molecule has 1 saturated heterocycles. The quantitative estimate of drug-likeness (QED) is 0.828. The van der Waals surface area contributed by atoms with Crippen LogP contribution in [0.1, 0.15) is 44.1 Å². The lowest BCUT2D eigenvalue weighted by atomic mass is 9.92. The third-order valence-electron chi connectivity index (χ3n) is 5.56. The highest BCUT2D eigenvalue weighted by Crippen LogP contribution is 2.31. The number of hydrogen-bond acceptors (Lipinski definition) is 3. The van der Waals surface area contributed by atoms with E-state index in [1.807, 2.05) is 0 Å². The van der Waals surface area contributed by atoms with Crippen molar-refractivity contribution in [1.29, 1.82) is 0 Å². The van der Waals surface area contributed by atoms with Crippen LogP contribution in [0.3, 0.4) is 0 Å². The van der Waals surface area contributed by atoms with Crippen LogP contribution < -0.4 is 0 Å². The van der Waals surface area contributed by atoms with Crippen LogP contribution in [0.4, 0.5) is 0 Å². The van der Waals surface area contributed by atoms with E-state index in [0.717, 1.165) is 25.0 Å². The van der Waals surface area contributed by atoms with E-state index >= 15 is 0 Å². The monoisotopic (exact) mass is 311 g/mol.